The fraction of sp³-hybridized carbons (Fsp3) is 0.318. The quantitative estimate of drug-likeness (QED) is 0.360. The minimum atomic E-state index is -0.748. The molecule has 3 aromatic rings. The fourth-order valence-electron chi connectivity index (χ4n) is 4.27. The standard InChI is InChI=1S/C22H21FN6O4/c1-24-18-8-7-16-19(25-18)20(21(29(32)33)22(31)26(16)2)28-11-9-27(10-12-28)17(13-30)14-3-5-15(23)6-4-14/h3-8,17,30H,9-13H2,2H3. The van der Waals surface area contributed by atoms with Gasteiger partial charge in [-0.15, -0.1) is 4.98 Å². The number of piperazine rings is 1. The van der Waals surface area contributed by atoms with E-state index >= 15 is 0 Å². The van der Waals surface area contributed by atoms with Crippen LogP contribution in [0.25, 0.3) is 15.9 Å². The number of hydrogen-bond donors (Lipinski definition) is 1. The van der Waals surface area contributed by atoms with E-state index in [0.29, 0.717) is 31.7 Å². The molecule has 1 N–H and O–H groups in total. The molecule has 10 nitrogen and oxygen atoms in total. The number of halogens is 1. The molecule has 0 aliphatic carbocycles. The molecule has 3 heterocycles. The number of aliphatic hydroxyl groups is 1. The van der Waals surface area contributed by atoms with E-state index < -0.39 is 16.2 Å². The average Bonchev–Trinajstić information content (AvgIpc) is 2.82. The van der Waals surface area contributed by atoms with Crippen molar-refractivity contribution in [2.24, 2.45) is 7.05 Å². The van der Waals surface area contributed by atoms with Crippen LogP contribution in [0.2, 0.25) is 0 Å². The summed E-state index contributed by atoms with van der Waals surface area (Å²) in [5.41, 5.74) is 0.163. The van der Waals surface area contributed by atoms with E-state index in [9.17, 15) is 24.4 Å². The molecule has 1 aliphatic rings. The van der Waals surface area contributed by atoms with E-state index in [1.807, 2.05) is 4.90 Å². The highest BCUT2D eigenvalue weighted by Gasteiger charge is 2.34. The Morgan fingerprint density at radius 3 is 2.45 bits per heavy atom. The number of nitro groups is 1. The fourth-order valence-corrected chi connectivity index (χ4v) is 4.27. The van der Waals surface area contributed by atoms with Gasteiger partial charge in [0.1, 0.15) is 5.82 Å². The Bertz CT molecular complexity index is 1310. The molecular weight excluding hydrogens is 431 g/mol. The van der Waals surface area contributed by atoms with Crippen LogP contribution in [0.15, 0.2) is 41.2 Å². The summed E-state index contributed by atoms with van der Waals surface area (Å²) in [7, 11) is 1.44. The monoisotopic (exact) mass is 452 g/mol. The van der Waals surface area contributed by atoms with Gasteiger partial charge in [-0.2, -0.15) is 0 Å². The highest BCUT2D eigenvalue weighted by Crippen LogP contribution is 2.34. The topological polar surface area (TPSA) is 109 Å². The van der Waals surface area contributed by atoms with Gasteiger partial charge in [0.25, 0.3) is 5.82 Å². The zero-order valence-corrected chi connectivity index (χ0v) is 17.8. The Kier molecular flexibility index (Phi) is 6.04. The number of aryl methyl sites for hydroxylation is 1. The third-order valence-corrected chi connectivity index (χ3v) is 5.97. The second-order valence-corrected chi connectivity index (χ2v) is 7.74. The summed E-state index contributed by atoms with van der Waals surface area (Å²) in [6.07, 6.45) is 0. The number of benzene rings is 1. The lowest BCUT2D eigenvalue weighted by Gasteiger charge is -2.39. The maximum absolute atomic E-state index is 13.3. The van der Waals surface area contributed by atoms with E-state index in [0.717, 1.165) is 5.56 Å². The number of aromatic nitrogens is 2. The van der Waals surface area contributed by atoms with Crippen LogP contribution in [0.5, 0.6) is 0 Å². The molecule has 0 spiro atoms. The zero-order valence-electron chi connectivity index (χ0n) is 17.8. The average molecular weight is 452 g/mol. The van der Waals surface area contributed by atoms with Gasteiger partial charge in [0, 0.05) is 33.2 Å². The number of hydrogen-bond acceptors (Lipinski definition) is 7. The van der Waals surface area contributed by atoms with E-state index in [1.165, 1.54) is 29.8 Å². The maximum Gasteiger partial charge on any atom is 0.361 e. The van der Waals surface area contributed by atoms with Crippen molar-refractivity contribution in [2.75, 3.05) is 37.7 Å². The van der Waals surface area contributed by atoms with Gasteiger partial charge < -0.3 is 19.4 Å². The lowest BCUT2D eigenvalue weighted by atomic mass is 10.0. The number of anilines is 1. The van der Waals surface area contributed by atoms with Gasteiger partial charge in [-0.3, -0.25) is 19.8 Å². The molecule has 0 radical (unpaired) electrons. The van der Waals surface area contributed by atoms with Crippen LogP contribution < -0.4 is 10.5 Å². The molecular formula is C22H21FN6O4. The van der Waals surface area contributed by atoms with Crippen molar-refractivity contribution in [2.45, 2.75) is 6.04 Å². The number of fused-ring (bicyclic) bond motifs is 1. The smallest absolute Gasteiger partial charge is 0.361 e. The van der Waals surface area contributed by atoms with Crippen LogP contribution in [0, 0.1) is 22.5 Å². The van der Waals surface area contributed by atoms with Crippen LogP contribution >= 0.6 is 0 Å². The lowest BCUT2D eigenvalue weighted by Crippen LogP contribution is -2.49. The number of nitrogens with zero attached hydrogens (tertiary/aromatic N) is 6. The maximum atomic E-state index is 13.3. The van der Waals surface area contributed by atoms with Crippen molar-refractivity contribution in [1.82, 2.24) is 14.5 Å². The highest BCUT2D eigenvalue weighted by atomic mass is 19.1. The molecule has 33 heavy (non-hydrogen) atoms. The Labute approximate surface area is 188 Å². The lowest BCUT2D eigenvalue weighted by molar-refractivity contribution is -0.385. The summed E-state index contributed by atoms with van der Waals surface area (Å²) in [6, 6.07) is 8.60. The predicted molar refractivity (Wildman–Crippen MR) is 120 cm³/mol. The SMILES string of the molecule is [C-]#[N+]c1ccc2c(n1)c(N1CCN(C(CO)c3ccc(F)cc3)CC1)c([N+](=O)[O-])c(=O)n2C. The molecule has 1 saturated heterocycles. The summed E-state index contributed by atoms with van der Waals surface area (Å²) >= 11 is 0. The first-order valence-corrected chi connectivity index (χ1v) is 10.3. The number of aliphatic hydroxyl groups excluding tert-OH is 1. The number of rotatable bonds is 5. The number of pyridine rings is 2. The van der Waals surface area contributed by atoms with Crippen LogP contribution in [-0.2, 0) is 7.05 Å². The molecule has 1 aromatic carbocycles. The largest absolute Gasteiger partial charge is 0.394 e. The second kappa shape index (κ2) is 8.93. The van der Waals surface area contributed by atoms with Gasteiger partial charge >= 0.3 is 11.2 Å². The Balaban J connectivity index is 1.72. The third-order valence-electron chi connectivity index (χ3n) is 5.97. The van der Waals surface area contributed by atoms with Gasteiger partial charge in [0.15, 0.2) is 5.69 Å². The molecule has 1 unspecified atom stereocenters. The Morgan fingerprint density at radius 1 is 1.21 bits per heavy atom. The van der Waals surface area contributed by atoms with Crippen molar-refractivity contribution in [1.29, 1.82) is 0 Å². The van der Waals surface area contributed by atoms with E-state index in [2.05, 4.69) is 9.83 Å². The molecule has 170 valence electrons. The van der Waals surface area contributed by atoms with Gasteiger partial charge in [-0.1, -0.05) is 18.7 Å². The van der Waals surface area contributed by atoms with Crippen molar-refractivity contribution in [3.05, 3.63) is 79.7 Å². The zero-order chi connectivity index (χ0) is 23.7. The predicted octanol–water partition coefficient (Wildman–Crippen LogP) is 2.39. The molecule has 4 rings (SSSR count). The van der Waals surface area contributed by atoms with Crippen molar-refractivity contribution < 1.29 is 14.4 Å². The summed E-state index contributed by atoms with van der Waals surface area (Å²) in [6.45, 7) is 8.64. The molecule has 1 fully saturated rings. The van der Waals surface area contributed by atoms with E-state index in [-0.39, 0.29) is 35.5 Å². The summed E-state index contributed by atoms with van der Waals surface area (Å²) in [5.74, 6) is -0.289. The Morgan fingerprint density at radius 2 is 1.88 bits per heavy atom. The van der Waals surface area contributed by atoms with Gasteiger partial charge in [-0.25, -0.2) is 4.39 Å². The van der Waals surface area contributed by atoms with Gasteiger partial charge in [0.05, 0.1) is 23.1 Å². The first-order chi connectivity index (χ1) is 15.8. The molecule has 0 amide bonds. The Hall–Kier alpha value is -3.88. The van der Waals surface area contributed by atoms with Crippen molar-refractivity contribution in [3.63, 3.8) is 0 Å². The molecule has 2 aromatic heterocycles. The molecule has 0 saturated carbocycles. The van der Waals surface area contributed by atoms with Crippen LogP contribution in [0.1, 0.15) is 11.6 Å². The second-order valence-electron chi connectivity index (χ2n) is 7.74. The molecule has 1 atom stereocenters. The minimum Gasteiger partial charge on any atom is -0.394 e. The normalized spacial score (nSPS) is 15.4. The van der Waals surface area contributed by atoms with Crippen LogP contribution in [0.3, 0.4) is 0 Å². The molecule has 11 heteroatoms. The van der Waals surface area contributed by atoms with E-state index in [1.54, 1.807) is 23.1 Å². The van der Waals surface area contributed by atoms with Crippen LogP contribution in [0.4, 0.5) is 21.6 Å². The van der Waals surface area contributed by atoms with E-state index in [4.69, 9.17) is 6.57 Å². The summed E-state index contributed by atoms with van der Waals surface area (Å²) in [4.78, 5) is 35.3. The molecule has 0 bridgehead atoms. The first kappa shape index (κ1) is 22.3. The summed E-state index contributed by atoms with van der Waals surface area (Å²) in [5, 5.41) is 21.8. The van der Waals surface area contributed by atoms with Gasteiger partial charge in [0.2, 0.25) is 5.52 Å². The first-order valence-electron chi connectivity index (χ1n) is 10.3. The summed E-state index contributed by atoms with van der Waals surface area (Å²) < 4.78 is 14.5. The molecule has 1 aliphatic heterocycles. The minimum absolute atomic E-state index is 0.0759. The third kappa shape index (κ3) is 4.02. The van der Waals surface area contributed by atoms with Crippen LogP contribution in [-0.4, -0.2) is 57.3 Å². The highest BCUT2D eigenvalue weighted by molar-refractivity contribution is 5.94. The van der Waals surface area contributed by atoms with Crippen molar-refractivity contribution in [3.8, 4) is 0 Å². The van der Waals surface area contributed by atoms with Gasteiger partial charge in [-0.05, 0) is 29.8 Å². The van der Waals surface area contributed by atoms with Crippen molar-refractivity contribution >= 4 is 28.2 Å².